The Morgan fingerprint density at radius 2 is 1.76 bits per heavy atom. The number of halogens is 1. The SMILES string of the molecule is C#Cc1nc(Nc2ccc(Oc3ccccc3)c(Cl)c2)c2ccccc2n1.C1NCC2OC12. The zero-order valence-corrected chi connectivity index (χ0v) is 18.4. The summed E-state index contributed by atoms with van der Waals surface area (Å²) in [5, 5.41) is 7.82. The van der Waals surface area contributed by atoms with Crippen LogP contribution in [0.25, 0.3) is 10.9 Å². The molecule has 0 spiro atoms. The van der Waals surface area contributed by atoms with E-state index in [-0.39, 0.29) is 0 Å². The van der Waals surface area contributed by atoms with Gasteiger partial charge in [0.05, 0.1) is 22.7 Å². The van der Waals surface area contributed by atoms with Crippen LogP contribution in [-0.4, -0.2) is 35.3 Å². The van der Waals surface area contributed by atoms with E-state index in [1.54, 1.807) is 6.07 Å². The molecule has 2 saturated heterocycles. The Bertz CT molecular complexity index is 1320. The van der Waals surface area contributed by atoms with Gasteiger partial charge in [0.25, 0.3) is 0 Å². The molecular weight excluding hydrogens is 436 g/mol. The third-order valence-electron chi connectivity index (χ3n) is 5.28. The average Bonchev–Trinajstić information content (AvgIpc) is 3.45. The quantitative estimate of drug-likeness (QED) is 0.326. The molecule has 0 aliphatic carbocycles. The van der Waals surface area contributed by atoms with Crippen molar-refractivity contribution in [3.05, 3.63) is 83.6 Å². The highest BCUT2D eigenvalue weighted by atomic mass is 35.5. The number of rotatable bonds is 4. The van der Waals surface area contributed by atoms with E-state index in [0.29, 0.717) is 34.6 Å². The lowest BCUT2D eigenvalue weighted by atomic mass is 10.2. The zero-order chi connectivity index (χ0) is 22.6. The lowest BCUT2D eigenvalue weighted by Gasteiger charge is -2.12. The van der Waals surface area contributed by atoms with Crippen LogP contribution in [0.4, 0.5) is 11.5 Å². The normalized spacial score (nSPS) is 17.9. The smallest absolute Gasteiger partial charge is 0.207 e. The van der Waals surface area contributed by atoms with Gasteiger partial charge in [-0.2, -0.15) is 0 Å². The molecule has 2 aliphatic heterocycles. The maximum atomic E-state index is 6.39. The van der Waals surface area contributed by atoms with Crippen LogP contribution in [0.2, 0.25) is 5.02 Å². The molecule has 0 amide bonds. The standard InChI is InChI=1S/C22H14ClN3O.C4H7NO/c1-2-21-25-19-11-7-6-10-17(19)22(26-21)24-15-12-13-20(18(23)14-15)27-16-8-4-3-5-9-16;1-3-4(6-3)2-5-1/h1,3-14H,(H,24,25,26);3-5H,1-2H2. The van der Waals surface area contributed by atoms with E-state index in [1.165, 1.54) is 0 Å². The molecule has 2 N–H and O–H groups in total. The predicted molar refractivity (Wildman–Crippen MR) is 130 cm³/mol. The van der Waals surface area contributed by atoms with Crippen LogP contribution in [-0.2, 0) is 4.74 Å². The number of para-hydroxylation sites is 2. The molecule has 7 heteroatoms. The molecule has 6 nitrogen and oxygen atoms in total. The van der Waals surface area contributed by atoms with Crippen LogP contribution in [0.5, 0.6) is 11.5 Å². The van der Waals surface area contributed by atoms with Gasteiger partial charge in [-0.15, -0.1) is 6.42 Å². The van der Waals surface area contributed by atoms with Crippen LogP contribution >= 0.6 is 11.6 Å². The van der Waals surface area contributed by atoms with Crippen LogP contribution in [0.15, 0.2) is 72.8 Å². The second kappa shape index (κ2) is 9.47. The first-order chi connectivity index (χ1) is 16.2. The third kappa shape index (κ3) is 5.07. The molecule has 3 heterocycles. The fraction of sp³-hybridized carbons (Fsp3) is 0.154. The van der Waals surface area contributed by atoms with Crippen molar-refractivity contribution in [2.75, 3.05) is 18.4 Å². The molecule has 1 aromatic heterocycles. The third-order valence-corrected chi connectivity index (χ3v) is 5.57. The van der Waals surface area contributed by atoms with Crippen LogP contribution in [0.1, 0.15) is 5.82 Å². The molecule has 2 atom stereocenters. The summed E-state index contributed by atoms with van der Waals surface area (Å²) < 4.78 is 10.9. The first-order valence-corrected chi connectivity index (χ1v) is 11.0. The number of benzene rings is 3. The van der Waals surface area contributed by atoms with Gasteiger partial charge in [-0.25, -0.2) is 9.97 Å². The minimum atomic E-state index is 0.325. The van der Waals surface area contributed by atoms with Gasteiger partial charge in [-0.1, -0.05) is 41.9 Å². The van der Waals surface area contributed by atoms with Gasteiger partial charge in [0.2, 0.25) is 5.82 Å². The molecule has 6 rings (SSSR count). The van der Waals surface area contributed by atoms with Gasteiger partial charge in [-0.05, 0) is 48.4 Å². The van der Waals surface area contributed by atoms with Gasteiger partial charge in [0.1, 0.15) is 17.3 Å². The number of nitrogens with one attached hydrogen (secondary N) is 2. The van der Waals surface area contributed by atoms with Crippen molar-refractivity contribution in [1.82, 2.24) is 15.3 Å². The Morgan fingerprint density at radius 1 is 1.00 bits per heavy atom. The molecule has 33 heavy (non-hydrogen) atoms. The highest BCUT2D eigenvalue weighted by molar-refractivity contribution is 6.32. The number of fused-ring (bicyclic) bond motifs is 2. The number of morpholine rings is 1. The maximum Gasteiger partial charge on any atom is 0.207 e. The Kier molecular flexibility index (Phi) is 6.09. The summed E-state index contributed by atoms with van der Waals surface area (Å²) in [6.45, 7) is 2.18. The lowest BCUT2D eigenvalue weighted by molar-refractivity contribution is 0.331. The second-order valence-corrected chi connectivity index (χ2v) is 8.02. The largest absolute Gasteiger partial charge is 0.456 e. The maximum absolute atomic E-state index is 6.39. The van der Waals surface area contributed by atoms with Crippen molar-refractivity contribution < 1.29 is 9.47 Å². The van der Waals surface area contributed by atoms with Crippen molar-refractivity contribution in [1.29, 1.82) is 0 Å². The minimum Gasteiger partial charge on any atom is -0.456 e. The molecule has 3 aromatic carbocycles. The number of hydrogen-bond acceptors (Lipinski definition) is 6. The molecular formula is C26H21ClN4O2. The molecule has 2 unspecified atom stereocenters. The number of hydrogen-bond donors (Lipinski definition) is 2. The summed E-state index contributed by atoms with van der Waals surface area (Å²) in [7, 11) is 0. The fourth-order valence-electron chi connectivity index (χ4n) is 3.56. The first-order valence-electron chi connectivity index (χ1n) is 10.6. The van der Waals surface area contributed by atoms with Crippen LogP contribution < -0.4 is 15.4 Å². The fourth-order valence-corrected chi connectivity index (χ4v) is 3.78. The molecule has 4 aromatic rings. The minimum absolute atomic E-state index is 0.325. The van der Waals surface area contributed by atoms with E-state index in [9.17, 15) is 0 Å². The van der Waals surface area contributed by atoms with E-state index in [1.807, 2.05) is 66.7 Å². The van der Waals surface area contributed by atoms with Crippen molar-refractivity contribution in [2.45, 2.75) is 12.2 Å². The molecule has 0 radical (unpaired) electrons. The van der Waals surface area contributed by atoms with Crippen LogP contribution in [0, 0.1) is 12.3 Å². The summed E-state index contributed by atoms with van der Waals surface area (Å²) >= 11 is 6.39. The van der Waals surface area contributed by atoms with E-state index >= 15 is 0 Å². The van der Waals surface area contributed by atoms with Crippen molar-refractivity contribution >= 4 is 34.0 Å². The first kappa shape index (κ1) is 21.2. The van der Waals surface area contributed by atoms with Crippen molar-refractivity contribution in [3.8, 4) is 23.8 Å². The van der Waals surface area contributed by atoms with Gasteiger partial charge in [-0.3, -0.25) is 0 Å². The Balaban J connectivity index is 0.000000324. The number of aromatic nitrogens is 2. The summed E-state index contributed by atoms with van der Waals surface area (Å²) in [5.74, 6) is 4.73. The highest BCUT2D eigenvalue weighted by Gasteiger charge is 2.42. The Hall–Kier alpha value is -3.63. The number of nitrogens with zero attached hydrogens (tertiary/aromatic N) is 2. The number of epoxide rings is 1. The molecule has 2 aliphatic rings. The lowest BCUT2D eigenvalue weighted by Crippen LogP contribution is -2.13. The average molecular weight is 457 g/mol. The van der Waals surface area contributed by atoms with Crippen molar-refractivity contribution in [3.63, 3.8) is 0 Å². The molecule has 2 fully saturated rings. The van der Waals surface area contributed by atoms with Gasteiger partial charge in [0.15, 0.2) is 0 Å². The number of anilines is 2. The van der Waals surface area contributed by atoms with Crippen LogP contribution in [0.3, 0.4) is 0 Å². The molecule has 0 bridgehead atoms. The predicted octanol–water partition coefficient (Wildman–Crippen LogP) is 5.16. The summed E-state index contributed by atoms with van der Waals surface area (Å²) in [6.07, 6.45) is 6.68. The number of ether oxygens (including phenoxy) is 2. The number of terminal acetylenes is 1. The van der Waals surface area contributed by atoms with Gasteiger partial charge >= 0.3 is 0 Å². The Morgan fingerprint density at radius 3 is 2.42 bits per heavy atom. The second-order valence-electron chi connectivity index (χ2n) is 7.61. The zero-order valence-electron chi connectivity index (χ0n) is 17.7. The van der Waals surface area contributed by atoms with E-state index < -0.39 is 0 Å². The monoisotopic (exact) mass is 456 g/mol. The molecule has 164 valence electrons. The van der Waals surface area contributed by atoms with Gasteiger partial charge < -0.3 is 20.1 Å². The van der Waals surface area contributed by atoms with Crippen molar-refractivity contribution in [2.24, 2.45) is 0 Å². The molecule has 0 saturated carbocycles. The summed E-state index contributed by atoms with van der Waals surface area (Å²) in [6, 6.07) is 22.6. The van der Waals surface area contributed by atoms with E-state index in [2.05, 4.69) is 26.5 Å². The highest BCUT2D eigenvalue weighted by Crippen LogP contribution is 2.33. The van der Waals surface area contributed by atoms with Gasteiger partial charge in [0, 0.05) is 24.2 Å². The summed E-state index contributed by atoms with van der Waals surface area (Å²) in [5.41, 5.74) is 1.55. The topological polar surface area (TPSA) is 71.6 Å². The summed E-state index contributed by atoms with van der Waals surface area (Å²) in [4.78, 5) is 8.74. The van der Waals surface area contributed by atoms with E-state index in [0.717, 1.165) is 35.4 Å². The Labute approximate surface area is 196 Å². The van der Waals surface area contributed by atoms with E-state index in [4.69, 9.17) is 27.5 Å².